The van der Waals surface area contributed by atoms with E-state index in [9.17, 15) is 8.78 Å². The second-order valence-corrected chi connectivity index (χ2v) is 4.18. The van der Waals surface area contributed by atoms with Crippen LogP contribution in [0.4, 0.5) is 8.78 Å². The first kappa shape index (κ1) is 13.1. The highest BCUT2D eigenvalue weighted by Gasteiger charge is 2.13. The normalized spacial score (nSPS) is 15.1. The molecule has 3 heteroatoms. The largest absolute Gasteiger partial charge is 0.309 e. The fraction of sp³-hybridized carbons (Fsp3) is 0.538. The first-order valence-corrected chi connectivity index (χ1v) is 5.67. The number of hydrogen-bond acceptors (Lipinski definition) is 1. The fourth-order valence-corrected chi connectivity index (χ4v) is 1.56. The Morgan fingerprint density at radius 2 is 1.75 bits per heavy atom. The van der Waals surface area contributed by atoms with Crippen molar-refractivity contribution in [3.63, 3.8) is 0 Å². The summed E-state index contributed by atoms with van der Waals surface area (Å²) in [5, 5.41) is 2.83. The van der Waals surface area contributed by atoms with Gasteiger partial charge < -0.3 is 5.32 Å². The lowest BCUT2D eigenvalue weighted by molar-refractivity contribution is 0.106. The summed E-state index contributed by atoms with van der Waals surface area (Å²) >= 11 is 0. The van der Waals surface area contributed by atoms with Crippen molar-refractivity contribution in [2.45, 2.75) is 38.7 Å². The van der Waals surface area contributed by atoms with Gasteiger partial charge in [0.2, 0.25) is 0 Å². The maximum atomic E-state index is 12.2. The van der Waals surface area contributed by atoms with Crippen molar-refractivity contribution >= 4 is 0 Å². The van der Waals surface area contributed by atoms with E-state index in [-0.39, 0.29) is 0 Å². The van der Waals surface area contributed by atoms with Crippen molar-refractivity contribution in [1.82, 2.24) is 5.32 Å². The van der Waals surface area contributed by atoms with Gasteiger partial charge in [-0.05, 0) is 31.4 Å². The van der Waals surface area contributed by atoms with E-state index in [0.717, 1.165) is 6.42 Å². The van der Waals surface area contributed by atoms with Crippen LogP contribution in [0.3, 0.4) is 0 Å². The van der Waals surface area contributed by atoms with Gasteiger partial charge in [0.25, 0.3) is 6.43 Å². The average molecular weight is 227 g/mol. The molecular weight excluding hydrogens is 208 g/mol. The highest BCUT2D eigenvalue weighted by atomic mass is 19.3. The minimum atomic E-state index is -2.29. The molecule has 0 aliphatic carbocycles. The predicted molar refractivity (Wildman–Crippen MR) is 62.9 cm³/mol. The van der Waals surface area contributed by atoms with Gasteiger partial charge in [0, 0.05) is 0 Å². The molecule has 1 aromatic rings. The molecule has 0 bridgehead atoms. The molecule has 1 N–H and O–H groups in total. The van der Waals surface area contributed by atoms with Crippen molar-refractivity contribution in [2.24, 2.45) is 0 Å². The molecular formula is C13H19F2N. The van der Waals surface area contributed by atoms with Gasteiger partial charge in [-0.25, -0.2) is 8.78 Å². The minimum absolute atomic E-state index is 0.401. The Labute approximate surface area is 95.9 Å². The molecule has 0 saturated carbocycles. The van der Waals surface area contributed by atoms with Gasteiger partial charge >= 0.3 is 0 Å². The fourth-order valence-electron chi connectivity index (χ4n) is 1.56. The summed E-state index contributed by atoms with van der Waals surface area (Å²) in [6, 6.07) is 9.40. The first-order valence-electron chi connectivity index (χ1n) is 5.67. The number of rotatable bonds is 6. The molecule has 16 heavy (non-hydrogen) atoms. The summed E-state index contributed by atoms with van der Waals surface area (Å²) in [6.07, 6.45) is -1.41. The summed E-state index contributed by atoms with van der Waals surface area (Å²) in [6.45, 7) is 4.25. The van der Waals surface area contributed by atoms with Crippen LogP contribution in [0.5, 0.6) is 0 Å². The standard InChI is InChI=1S/C13H19F2N/c1-10(12-6-4-3-5-7-12)8-9-16-11(2)13(14)15/h3-7,10-11,13,16H,8-9H2,1-2H3. The minimum Gasteiger partial charge on any atom is -0.309 e. The average Bonchev–Trinajstić information content (AvgIpc) is 2.29. The highest BCUT2D eigenvalue weighted by Crippen LogP contribution is 2.17. The van der Waals surface area contributed by atoms with Gasteiger partial charge in [0.1, 0.15) is 0 Å². The number of benzene rings is 1. The van der Waals surface area contributed by atoms with Gasteiger partial charge in [0.05, 0.1) is 6.04 Å². The van der Waals surface area contributed by atoms with Gasteiger partial charge in [-0.15, -0.1) is 0 Å². The second-order valence-electron chi connectivity index (χ2n) is 4.18. The molecule has 0 aromatic heterocycles. The third-order valence-electron chi connectivity index (χ3n) is 2.79. The quantitative estimate of drug-likeness (QED) is 0.785. The Morgan fingerprint density at radius 1 is 1.12 bits per heavy atom. The lowest BCUT2D eigenvalue weighted by Gasteiger charge is -2.15. The van der Waals surface area contributed by atoms with Gasteiger partial charge in [-0.3, -0.25) is 0 Å². The Hall–Kier alpha value is -0.960. The van der Waals surface area contributed by atoms with Crippen molar-refractivity contribution in [3.05, 3.63) is 35.9 Å². The van der Waals surface area contributed by atoms with E-state index in [4.69, 9.17) is 0 Å². The van der Waals surface area contributed by atoms with E-state index >= 15 is 0 Å². The molecule has 0 spiro atoms. The second kappa shape index (κ2) is 6.59. The van der Waals surface area contributed by atoms with Crippen LogP contribution in [0.15, 0.2) is 30.3 Å². The molecule has 0 amide bonds. The number of halogens is 2. The molecule has 0 aliphatic heterocycles. The lowest BCUT2D eigenvalue weighted by atomic mass is 9.98. The molecule has 2 unspecified atom stereocenters. The maximum Gasteiger partial charge on any atom is 0.253 e. The van der Waals surface area contributed by atoms with Gasteiger partial charge in [-0.1, -0.05) is 37.3 Å². The zero-order chi connectivity index (χ0) is 12.0. The zero-order valence-corrected chi connectivity index (χ0v) is 9.79. The molecule has 1 aromatic carbocycles. The summed E-state index contributed by atoms with van der Waals surface area (Å²) in [7, 11) is 0. The van der Waals surface area contributed by atoms with Crippen molar-refractivity contribution in [1.29, 1.82) is 0 Å². The summed E-state index contributed by atoms with van der Waals surface area (Å²) < 4.78 is 24.4. The van der Waals surface area contributed by atoms with Crippen LogP contribution in [0.2, 0.25) is 0 Å². The molecule has 0 fully saturated rings. The first-order chi connectivity index (χ1) is 7.61. The summed E-state index contributed by atoms with van der Waals surface area (Å²) in [5.74, 6) is 0.401. The molecule has 1 rings (SSSR count). The van der Waals surface area contributed by atoms with Crippen LogP contribution in [0, 0.1) is 0 Å². The molecule has 90 valence electrons. The molecule has 0 heterocycles. The smallest absolute Gasteiger partial charge is 0.253 e. The maximum absolute atomic E-state index is 12.2. The topological polar surface area (TPSA) is 12.0 Å². The summed E-state index contributed by atoms with van der Waals surface area (Å²) in [4.78, 5) is 0. The van der Waals surface area contributed by atoms with Crippen LogP contribution in [-0.2, 0) is 0 Å². The molecule has 0 aliphatic rings. The third kappa shape index (κ3) is 4.27. The van der Waals surface area contributed by atoms with Crippen LogP contribution in [0.1, 0.15) is 31.7 Å². The zero-order valence-electron chi connectivity index (χ0n) is 9.79. The Bertz CT molecular complexity index is 287. The van der Waals surface area contributed by atoms with Gasteiger partial charge in [-0.2, -0.15) is 0 Å². The van der Waals surface area contributed by atoms with Crippen LogP contribution in [-0.4, -0.2) is 19.0 Å². The molecule has 2 atom stereocenters. The number of hydrogen-bond donors (Lipinski definition) is 1. The van der Waals surface area contributed by atoms with Crippen molar-refractivity contribution in [2.75, 3.05) is 6.54 Å². The third-order valence-corrected chi connectivity index (χ3v) is 2.79. The van der Waals surface area contributed by atoms with E-state index in [1.165, 1.54) is 12.5 Å². The number of alkyl halides is 2. The molecule has 1 nitrogen and oxygen atoms in total. The Kier molecular flexibility index (Phi) is 5.39. The van der Waals surface area contributed by atoms with E-state index in [1.807, 2.05) is 18.2 Å². The van der Waals surface area contributed by atoms with Crippen LogP contribution < -0.4 is 5.32 Å². The summed E-state index contributed by atoms with van der Waals surface area (Å²) in [5.41, 5.74) is 1.26. The lowest BCUT2D eigenvalue weighted by Crippen LogP contribution is -2.33. The van der Waals surface area contributed by atoms with E-state index in [1.54, 1.807) is 0 Å². The molecule has 0 radical (unpaired) electrons. The number of nitrogens with one attached hydrogen (secondary N) is 1. The van der Waals surface area contributed by atoms with E-state index in [0.29, 0.717) is 12.5 Å². The van der Waals surface area contributed by atoms with Crippen LogP contribution >= 0.6 is 0 Å². The Balaban J connectivity index is 2.28. The Morgan fingerprint density at radius 3 is 2.31 bits per heavy atom. The monoisotopic (exact) mass is 227 g/mol. The van der Waals surface area contributed by atoms with E-state index in [2.05, 4.69) is 24.4 Å². The van der Waals surface area contributed by atoms with E-state index < -0.39 is 12.5 Å². The van der Waals surface area contributed by atoms with Gasteiger partial charge in [0.15, 0.2) is 0 Å². The predicted octanol–water partition coefficient (Wildman–Crippen LogP) is 3.42. The SMILES string of the molecule is CC(CCNC(C)C(F)F)c1ccccc1. The van der Waals surface area contributed by atoms with Crippen molar-refractivity contribution < 1.29 is 8.78 Å². The van der Waals surface area contributed by atoms with Crippen molar-refractivity contribution in [3.8, 4) is 0 Å². The molecule has 0 saturated heterocycles. The van der Waals surface area contributed by atoms with Crippen LogP contribution in [0.25, 0.3) is 0 Å². The highest BCUT2D eigenvalue weighted by molar-refractivity contribution is 5.18.